The van der Waals surface area contributed by atoms with Crippen molar-refractivity contribution in [3.8, 4) is 0 Å². The number of carbonyl (C=O) groups excluding carboxylic acids is 1. The fourth-order valence-electron chi connectivity index (χ4n) is 2.79. The smallest absolute Gasteiger partial charge is 0.262 e. The van der Waals surface area contributed by atoms with Crippen LogP contribution in [0.3, 0.4) is 0 Å². The van der Waals surface area contributed by atoms with Crippen molar-refractivity contribution in [2.75, 3.05) is 18.4 Å². The topological polar surface area (TPSA) is 114 Å². The van der Waals surface area contributed by atoms with Crippen LogP contribution in [0.1, 0.15) is 39.5 Å². The highest BCUT2D eigenvalue weighted by molar-refractivity contribution is 7.90. The van der Waals surface area contributed by atoms with Crippen LogP contribution in [-0.2, 0) is 14.8 Å². The van der Waals surface area contributed by atoms with E-state index in [-0.39, 0.29) is 29.8 Å². The monoisotopic (exact) mass is 402 g/mol. The summed E-state index contributed by atoms with van der Waals surface area (Å²) in [5, 5.41) is 2.80. The van der Waals surface area contributed by atoms with Crippen molar-refractivity contribution in [1.82, 2.24) is 4.72 Å². The molecule has 0 fully saturated rings. The number of carbonyl (C=O) groups is 1. The lowest BCUT2D eigenvalue weighted by atomic mass is 9.81. The van der Waals surface area contributed by atoms with Crippen molar-refractivity contribution in [3.05, 3.63) is 24.3 Å². The Balaban J connectivity index is 0.00000338. The van der Waals surface area contributed by atoms with Gasteiger partial charge in [0.05, 0.1) is 10.3 Å². The minimum atomic E-state index is -3.71. The van der Waals surface area contributed by atoms with E-state index in [0.717, 1.165) is 6.42 Å². The molecule has 4 N–H and O–H groups in total. The Labute approximate surface area is 161 Å². The van der Waals surface area contributed by atoms with Crippen molar-refractivity contribution in [2.24, 2.45) is 16.1 Å². The Morgan fingerprint density at radius 2 is 2.00 bits per heavy atom. The van der Waals surface area contributed by atoms with E-state index < -0.39 is 15.4 Å². The van der Waals surface area contributed by atoms with Gasteiger partial charge in [0.2, 0.25) is 5.91 Å². The van der Waals surface area contributed by atoms with Gasteiger partial charge in [-0.3, -0.25) is 14.5 Å². The number of aliphatic imine (C=N–C) groups is 1. The average molecular weight is 403 g/mol. The molecule has 146 valence electrons. The third-order valence-corrected chi connectivity index (χ3v) is 6.13. The number of amides is 1. The highest BCUT2D eigenvalue weighted by Crippen LogP contribution is 2.27. The number of nitrogens with two attached hydrogens (primary N) is 1. The summed E-state index contributed by atoms with van der Waals surface area (Å²) in [5.41, 5.74) is 5.58. The second-order valence-electron chi connectivity index (χ2n) is 6.21. The number of nitrogens with zero attached hydrogens (tertiary/aromatic N) is 1. The molecule has 26 heavy (non-hydrogen) atoms. The van der Waals surface area contributed by atoms with E-state index in [1.54, 1.807) is 12.1 Å². The number of sulfonamides is 1. The minimum absolute atomic E-state index is 0. The molecule has 1 amide bonds. The Morgan fingerprint density at radius 3 is 2.54 bits per heavy atom. The molecule has 0 saturated heterocycles. The van der Waals surface area contributed by atoms with Crippen LogP contribution >= 0.6 is 12.4 Å². The quantitative estimate of drug-likeness (QED) is 0.649. The van der Waals surface area contributed by atoms with Crippen LogP contribution in [0.2, 0.25) is 0 Å². The summed E-state index contributed by atoms with van der Waals surface area (Å²) in [6, 6.07) is 6.20. The van der Waals surface area contributed by atoms with Crippen molar-refractivity contribution < 1.29 is 13.2 Å². The number of anilines is 1. The second-order valence-corrected chi connectivity index (χ2v) is 7.89. The molecule has 1 aromatic carbocycles. The highest BCUT2D eigenvalue weighted by atomic mass is 35.5. The normalized spacial score (nSPS) is 14.3. The van der Waals surface area contributed by atoms with Gasteiger partial charge in [-0.2, -0.15) is 0 Å². The molecule has 0 radical (unpaired) electrons. The van der Waals surface area contributed by atoms with E-state index in [2.05, 4.69) is 15.0 Å². The van der Waals surface area contributed by atoms with Crippen LogP contribution < -0.4 is 15.8 Å². The third kappa shape index (κ3) is 4.96. The highest BCUT2D eigenvalue weighted by Gasteiger charge is 2.33. The lowest BCUT2D eigenvalue weighted by Gasteiger charge is -2.28. The lowest BCUT2D eigenvalue weighted by Crippen LogP contribution is -2.41. The Kier molecular flexibility index (Phi) is 8.05. The van der Waals surface area contributed by atoms with Gasteiger partial charge in [0.15, 0.2) is 0 Å². The summed E-state index contributed by atoms with van der Waals surface area (Å²) in [4.78, 5) is 16.8. The van der Waals surface area contributed by atoms with Crippen LogP contribution in [0, 0.1) is 5.41 Å². The zero-order valence-corrected chi connectivity index (χ0v) is 16.8. The van der Waals surface area contributed by atoms with Gasteiger partial charge in [-0.25, -0.2) is 8.42 Å². The summed E-state index contributed by atoms with van der Waals surface area (Å²) in [5.74, 6) is 0.288. The lowest BCUT2D eigenvalue weighted by molar-refractivity contribution is -0.125. The van der Waals surface area contributed by atoms with Gasteiger partial charge in [0.1, 0.15) is 5.84 Å². The fraction of sp³-hybridized carbons (Fsp3) is 0.529. The zero-order valence-electron chi connectivity index (χ0n) is 15.1. The molecule has 0 bridgehead atoms. The van der Waals surface area contributed by atoms with Crippen molar-refractivity contribution in [1.29, 1.82) is 0 Å². The summed E-state index contributed by atoms with van der Waals surface area (Å²) in [6.07, 6.45) is 2.71. The van der Waals surface area contributed by atoms with Crippen LogP contribution in [0.15, 0.2) is 34.2 Å². The molecule has 9 heteroatoms. The van der Waals surface area contributed by atoms with Crippen LogP contribution in [0.25, 0.3) is 0 Å². The maximum absolute atomic E-state index is 12.6. The van der Waals surface area contributed by atoms with Gasteiger partial charge in [-0.1, -0.05) is 19.9 Å². The van der Waals surface area contributed by atoms with Crippen LogP contribution in [0.4, 0.5) is 5.69 Å². The fourth-order valence-corrected chi connectivity index (χ4v) is 3.93. The number of hydrogen-bond donors (Lipinski definition) is 3. The number of benzene rings is 1. The minimum Gasteiger partial charge on any atom is -0.329 e. The third-order valence-electron chi connectivity index (χ3n) is 4.75. The molecule has 7 nitrogen and oxygen atoms in total. The van der Waals surface area contributed by atoms with E-state index in [1.165, 1.54) is 12.1 Å². The molecule has 0 aliphatic carbocycles. The summed E-state index contributed by atoms with van der Waals surface area (Å²) in [6.45, 7) is 4.72. The molecule has 1 aliphatic heterocycles. The number of nitrogens with one attached hydrogen (secondary N) is 2. The van der Waals surface area contributed by atoms with Gasteiger partial charge in [0.25, 0.3) is 10.0 Å². The summed E-state index contributed by atoms with van der Waals surface area (Å²) < 4.78 is 27.4. The first kappa shape index (κ1) is 22.4. The number of amidine groups is 1. The van der Waals surface area contributed by atoms with Crippen molar-refractivity contribution >= 4 is 39.9 Å². The summed E-state index contributed by atoms with van der Waals surface area (Å²) >= 11 is 0. The Hall–Kier alpha value is -1.64. The Morgan fingerprint density at radius 1 is 1.31 bits per heavy atom. The molecule has 0 spiro atoms. The van der Waals surface area contributed by atoms with E-state index in [1.807, 2.05) is 13.8 Å². The van der Waals surface area contributed by atoms with Crippen LogP contribution in [0.5, 0.6) is 0 Å². The Bertz CT molecular complexity index is 753. The molecule has 0 saturated carbocycles. The van der Waals surface area contributed by atoms with Gasteiger partial charge in [0, 0.05) is 25.2 Å². The van der Waals surface area contributed by atoms with E-state index in [9.17, 15) is 13.2 Å². The number of rotatable bonds is 7. The molecule has 1 aliphatic rings. The van der Waals surface area contributed by atoms with Gasteiger partial charge in [-0.05, 0) is 37.5 Å². The van der Waals surface area contributed by atoms with Crippen LogP contribution in [-0.4, -0.2) is 33.3 Å². The average Bonchev–Trinajstić information content (AvgIpc) is 3.09. The predicted molar refractivity (Wildman–Crippen MR) is 106 cm³/mol. The maximum atomic E-state index is 12.6. The van der Waals surface area contributed by atoms with E-state index in [4.69, 9.17) is 5.73 Å². The standard InChI is InChI=1S/C17H26N4O3S.ClH/c1-3-17(4-2,12-18)16(22)20-13-7-5-8-14(11-13)25(23,24)21-15-9-6-10-19-15;/h5,7-8,11H,3-4,6,9-10,12,18H2,1-2H3,(H,19,21)(H,20,22);1H. The van der Waals surface area contributed by atoms with E-state index in [0.29, 0.717) is 37.3 Å². The molecule has 1 heterocycles. The number of halogens is 1. The van der Waals surface area contributed by atoms with Crippen molar-refractivity contribution in [3.63, 3.8) is 0 Å². The first-order valence-corrected chi connectivity index (χ1v) is 10.0. The first-order valence-electron chi connectivity index (χ1n) is 8.54. The van der Waals surface area contributed by atoms with Gasteiger partial charge >= 0.3 is 0 Å². The number of hydrogen-bond acceptors (Lipinski definition) is 5. The first-order chi connectivity index (χ1) is 11.9. The van der Waals surface area contributed by atoms with Gasteiger partial charge < -0.3 is 11.1 Å². The molecule has 2 rings (SSSR count). The predicted octanol–water partition coefficient (Wildman–Crippen LogP) is 2.28. The van der Waals surface area contributed by atoms with E-state index >= 15 is 0 Å². The molecule has 0 atom stereocenters. The molecule has 0 unspecified atom stereocenters. The SMILES string of the molecule is CCC(CC)(CN)C(=O)Nc1cccc(S(=O)(=O)NC2=NCCC2)c1.Cl. The van der Waals surface area contributed by atoms with Gasteiger partial charge in [-0.15, -0.1) is 12.4 Å². The second kappa shape index (κ2) is 9.34. The largest absolute Gasteiger partial charge is 0.329 e. The maximum Gasteiger partial charge on any atom is 0.262 e. The summed E-state index contributed by atoms with van der Waals surface area (Å²) in [7, 11) is -3.71. The molecular weight excluding hydrogens is 376 g/mol. The zero-order chi connectivity index (χ0) is 18.5. The van der Waals surface area contributed by atoms with Crippen molar-refractivity contribution in [2.45, 2.75) is 44.4 Å². The molecular formula is C17H27ClN4O3S. The molecule has 1 aromatic rings. The molecule has 0 aromatic heterocycles.